The summed E-state index contributed by atoms with van der Waals surface area (Å²) in [4.78, 5) is 25.2. The molecule has 0 spiro atoms. The lowest BCUT2D eigenvalue weighted by Crippen LogP contribution is -2.37. The number of carbonyl (C=O) groups excluding carboxylic acids is 1. The molecule has 0 heterocycles. The molecule has 0 radical (unpaired) electrons. The number of unbranched alkanes of at least 4 members (excludes halogenated alkanes) is 21. The van der Waals surface area contributed by atoms with Crippen molar-refractivity contribution < 1.29 is 37.3 Å². The number of esters is 1. The molecule has 0 aromatic heterocycles. The smallest absolute Gasteiger partial charge is 0.306 e. The Balaban J connectivity index is 4.16. The zero-order chi connectivity index (χ0) is 50.5. The molecule has 2 unspecified atom stereocenters. The Morgan fingerprint density at radius 1 is 0.464 bits per heavy atom. The van der Waals surface area contributed by atoms with Gasteiger partial charge in [0.2, 0.25) is 0 Å². The van der Waals surface area contributed by atoms with E-state index in [1.54, 1.807) is 0 Å². The second-order valence-electron chi connectivity index (χ2n) is 19.6. The summed E-state index contributed by atoms with van der Waals surface area (Å²) in [6.07, 6.45) is 71.5. The molecule has 0 aromatic rings. The van der Waals surface area contributed by atoms with Gasteiger partial charge in [0.25, 0.3) is 7.82 Å². The lowest BCUT2D eigenvalue weighted by atomic mass is 10.1. The molecular formula is C60H106NO7P. The van der Waals surface area contributed by atoms with E-state index in [0.29, 0.717) is 24.1 Å². The Morgan fingerprint density at radius 3 is 1.26 bits per heavy atom. The predicted octanol–water partition coefficient (Wildman–Crippen LogP) is 17.1. The van der Waals surface area contributed by atoms with Crippen LogP contribution in [0.4, 0.5) is 0 Å². The number of hydrogen-bond acceptors (Lipinski definition) is 7. The first-order chi connectivity index (χ1) is 33.6. The van der Waals surface area contributed by atoms with E-state index in [1.165, 1.54) is 109 Å². The summed E-state index contributed by atoms with van der Waals surface area (Å²) < 4.78 is 34.8. The molecule has 0 saturated carbocycles. The lowest BCUT2D eigenvalue weighted by Gasteiger charge is -2.28. The van der Waals surface area contributed by atoms with Crippen molar-refractivity contribution >= 4 is 13.8 Å². The number of nitrogens with zero attached hydrogens (tertiary/aromatic N) is 1. The zero-order valence-corrected chi connectivity index (χ0v) is 46.1. The monoisotopic (exact) mass is 984 g/mol. The summed E-state index contributed by atoms with van der Waals surface area (Å²) in [5.74, 6) is -0.345. The van der Waals surface area contributed by atoms with E-state index in [2.05, 4.69) is 111 Å². The number of rotatable bonds is 51. The average Bonchev–Trinajstić information content (AvgIpc) is 3.31. The zero-order valence-electron chi connectivity index (χ0n) is 45.2. The van der Waals surface area contributed by atoms with E-state index in [0.717, 1.165) is 89.9 Å². The van der Waals surface area contributed by atoms with Crippen molar-refractivity contribution in [3.05, 3.63) is 97.2 Å². The standard InChI is InChI=1S/C60H106NO7P/c1-6-8-10-12-14-16-18-20-22-24-26-28-29-30-31-32-34-36-38-40-42-44-46-48-50-52-55-65-57-59(58-67-69(63,64)66-56-54-61(3,4)5)68-60(62)53-51-49-47-45-43-41-39-37-35-33-27-25-23-21-19-17-15-13-11-9-7-2/h8,10,14,16,19-22,25-28,30-31,34,36,59H,6-7,9,11-13,15,17-18,23-24,29,32-33,35,37-58H2,1-5H3/b10-8-,16-14-,21-19-,22-20-,27-25-,28-26-,31-30-,36-34-. The van der Waals surface area contributed by atoms with Gasteiger partial charge in [-0.25, -0.2) is 0 Å². The summed E-state index contributed by atoms with van der Waals surface area (Å²) in [6, 6.07) is 0. The van der Waals surface area contributed by atoms with Crippen LogP contribution in [0.5, 0.6) is 0 Å². The molecule has 0 amide bonds. The number of allylic oxidation sites excluding steroid dienone is 16. The Morgan fingerprint density at radius 2 is 0.841 bits per heavy atom. The number of carbonyl (C=O) groups is 1. The van der Waals surface area contributed by atoms with Crippen LogP contribution in [0.3, 0.4) is 0 Å². The predicted molar refractivity (Wildman–Crippen MR) is 295 cm³/mol. The minimum absolute atomic E-state index is 0.0178. The van der Waals surface area contributed by atoms with Gasteiger partial charge in [0.05, 0.1) is 34.4 Å². The van der Waals surface area contributed by atoms with Crippen molar-refractivity contribution in [2.45, 2.75) is 225 Å². The van der Waals surface area contributed by atoms with Gasteiger partial charge in [0, 0.05) is 13.0 Å². The van der Waals surface area contributed by atoms with Crippen molar-refractivity contribution in [2.75, 3.05) is 54.1 Å². The molecule has 0 rings (SSSR count). The maximum atomic E-state index is 12.8. The molecule has 0 aliphatic heterocycles. The Hall–Kier alpha value is -2.58. The third-order valence-electron chi connectivity index (χ3n) is 11.6. The van der Waals surface area contributed by atoms with Crippen molar-refractivity contribution in [3.63, 3.8) is 0 Å². The molecule has 9 heteroatoms. The van der Waals surface area contributed by atoms with E-state index in [9.17, 15) is 14.3 Å². The highest BCUT2D eigenvalue weighted by Crippen LogP contribution is 2.38. The highest BCUT2D eigenvalue weighted by Gasteiger charge is 2.20. The number of quaternary nitrogens is 1. The second kappa shape index (κ2) is 51.8. The highest BCUT2D eigenvalue weighted by atomic mass is 31.2. The maximum Gasteiger partial charge on any atom is 0.306 e. The fourth-order valence-corrected chi connectivity index (χ4v) is 8.07. The second-order valence-corrected chi connectivity index (χ2v) is 21.0. The molecule has 0 aliphatic carbocycles. The SMILES string of the molecule is CC/C=C\C/C=C\C/C=C\C/C=C\C/C=C\C/C=C\CCCCCCCCCOCC(COP(=O)([O-])OCC[N+](C)(C)C)OC(=O)CCCCCCCCCCC/C=C\C/C=C\CCCCCCC. The maximum absolute atomic E-state index is 12.8. The lowest BCUT2D eigenvalue weighted by molar-refractivity contribution is -0.870. The van der Waals surface area contributed by atoms with Gasteiger partial charge >= 0.3 is 5.97 Å². The summed E-state index contributed by atoms with van der Waals surface area (Å²) in [7, 11) is 1.33. The van der Waals surface area contributed by atoms with Crippen LogP contribution in [0, 0.1) is 0 Å². The number of phosphoric acid groups is 1. The molecule has 0 aliphatic rings. The van der Waals surface area contributed by atoms with Crippen molar-refractivity contribution in [1.29, 1.82) is 0 Å². The first-order valence-corrected chi connectivity index (χ1v) is 29.4. The first-order valence-electron chi connectivity index (χ1n) is 28.0. The van der Waals surface area contributed by atoms with Gasteiger partial charge in [0.15, 0.2) is 0 Å². The van der Waals surface area contributed by atoms with Crippen molar-refractivity contribution in [2.24, 2.45) is 0 Å². The van der Waals surface area contributed by atoms with Crippen LogP contribution in [0.1, 0.15) is 219 Å². The van der Waals surface area contributed by atoms with E-state index < -0.39 is 13.9 Å². The molecule has 398 valence electrons. The van der Waals surface area contributed by atoms with Crippen LogP contribution in [0.15, 0.2) is 97.2 Å². The molecule has 0 N–H and O–H groups in total. The van der Waals surface area contributed by atoms with Crippen LogP contribution in [-0.2, 0) is 27.9 Å². The van der Waals surface area contributed by atoms with Crippen LogP contribution < -0.4 is 4.89 Å². The molecule has 2 atom stereocenters. The number of hydrogen-bond donors (Lipinski definition) is 0. The van der Waals surface area contributed by atoms with Gasteiger partial charge in [0.1, 0.15) is 19.3 Å². The molecule has 69 heavy (non-hydrogen) atoms. The quantitative estimate of drug-likeness (QED) is 0.0197. The molecule has 0 saturated heterocycles. The van der Waals surface area contributed by atoms with Gasteiger partial charge in [-0.3, -0.25) is 9.36 Å². The average molecular weight is 984 g/mol. The van der Waals surface area contributed by atoms with Crippen LogP contribution in [0.2, 0.25) is 0 Å². The molecular weight excluding hydrogens is 878 g/mol. The van der Waals surface area contributed by atoms with Crippen molar-refractivity contribution in [3.8, 4) is 0 Å². The summed E-state index contributed by atoms with van der Waals surface area (Å²) >= 11 is 0. The van der Waals surface area contributed by atoms with Gasteiger partial charge in [-0.1, -0.05) is 214 Å². The van der Waals surface area contributed by atoms with E-state index >= 15 is 0 Å². The van der Waals surface area contributed by atoms with Gasteiger partial charge in [-0.05, 0) is 96.3 Å². The summed E-state index contributed by atoms with van der Waals surface area (Å²) in [5, 5.41) is 0. The molecule has 0 fully saturated rings. The van der Waals surface area contributed by atoms with Gasteiger partial charge in [-0.15, -0.1) is 0 Å². The van der Waals surface area contributed by atoms with Gasteiger partial charge in [-0.2, -0.15) is 0 Å². The van der Waals surface area contributed by atoms with E-state index in [4.69, 9.17) is 18.5 Å². The van der Waals surface area contributed by atoms with Crippen LogP contribution in [-0.4, -0.2) is 70.7 Å². The first kappa shape index (κ1) is 66.4. The normalized spacial score (nSPS) is 14.2. The third-order valence-corrected chi connectivity index (χ3v) is 12.6. The number of likely N-dealkylation sites (N-methyl/N-ethyl adjacent to an activating group) is 1. The minimum Gasteiger partial charge on any atom is -0.756 e. The van der Waals surface area contributed by atoms with E-state index in [1.807, 2.05) is 21.1 Å². The molecule has 8 nitrogen and oxygen atoms in total. The Labute approximate surface area is 426 Å². The summed E-state index contributed by atoms with van der Waals surface area (Å²) in [6.45, 7) is 5.25. The molecule has 0 bridgehead atoms. The number of ether oxygens (including phenoxy) is 2. The van der Waals surface area contributed by atoms with Crippen LogP contribution >= 0.6 is 7.82 Å². The van der Waals surface area contributed by atoms with Gasteiger partial charge < -0.3 is 27.9 Å². The Bertz CT molecular complexity index is 1420. The fourth-order valence-electron chi connectivity index (χ4n) is 7.35. The van der Waals surface area contributed by atoms with E-state index in [-0.39, 0.29) is 25.8 Å². The number of phosphoric ester groups is 1. The third kappa shape index (κ3) is 56.2. The molecule has 0 aromatic carbocycles. The Kier molecular flexibility index (Phi) is 49.8. The minimum atomic E-state index is -4.55. The van der Waals surface area contributed by atoms with Crippen molar-refractivity contribution in [1.82, 2.24) is 0 Å². The topological polar surface area (TPSA) is 94.1 Å². The summed E-state index contributed by atoms with van der Waals surface area (Å²) in [5.41, 5.74) is 0. The fraction of sp³-hybridized carbons (Fsp3) is 0.717. The largest absolute Gasteiger partial charge is 0.756 e. The van der Waals surface area contributed by atoms with Crippen LogP contribution in [0.25, 0.3) is 0 Å². The highest BCUT2D eigenvalue weighted by molar-refractivity contribution is 7.45.